The zero-order chi connectivity index (χ0) is 13.4. The molecule has 1 aliphatic rings. The molecule has 0 saturated carbocycles. The molecule has 0 aliphatic carbocycles. The quantitative estimate of drug-likeness (QED) is 0.714. The first-order valence-corrected chi connectivity index (χ1v) is 5.55. The molecule has 2 N–H and O–H groups in total. The van der Waals surface area contributed by atoms with Gasteiger partial charge in [0, 0.05) is 0 Å². The number of carbonyl (C=O) groups excluding carboxylic acids is 2. The highest BCUT2D eigenvalue weighted by Gasteiger charge is 2.49. The molecule has 0 bridgehead atoms. The summed E-state index contributed by atoms with van der Waals surface area (Å²) in [6, 6.07) is -1.72. The number of hydrogen-bond donors (Lipinski definition) is 2. The molecule has 0 aromatic rings. The van der Waals surface area contributed by atoms with E-state index < -0.39 is 29.5 Å². The number of imide groups is 1. The van der Waals surface area contributed by atoms with Crippen molar-refractivity contribution in [3.05, 3.63) is 0 Å². The predicted molar refractivity (Wildman–Crippen MR) is 60.3 cm³/mol. The molecule has 3 amide bonds. The van der Waals surface area contributed by atoms with E-state index in [0.717, 1.165) is 4.90 Å². The van der Waals surface area contributed by atoms with Gasteiger partial charge in [0.2, 0.25) is 0 Å². The highest BCUT2D eigenvalue weighted by molar-refractivity contribution is 6.08. The number of carbonyl (C=O) groups is 3. The van der Waals surface area contributed by atoms with E-state index in [0.29, 0.717) is 0 Å². The fourth-order valence-corrected chi connectivity index (χ4v) is 1.82. The molecule has 0 radical (unpaired) electrons. The second kappa shape index (κ2) is 4.35. The van der Waals surface area contributed by atoms with Crippen LogP contribution in [0.3, 0.4) is 0 Å². The van der Waals surface area contributed by atoms with E-state index in [4.69, 9.17) is 5.11 Å². The molecule has 1 rings (SSSR count). The van der Waals surface area contributed by atoms with Crippen molar-refractivity contribution in [1.29, 1.82) is 0 Å². The van der Waals surface area contributed by atoms with Crippen molar-refractivity contribution in [2.75, 3.05) is 0 Å². The van der Waals surface area contributed by atoms with Gasteiger partial charge in [0.25, 0.3) is 5.91 Å². The van der Waals surface area contributed by atoms with Gasteiger partial charge in [-0.25, -0.2) is 14.5 Å². The van der Waals surface area contributed by atoms with E-state index >= 15 is 0 Å². The predicted octanol–water partition coefficient (Wildman–Crippen LogP) is 0.816. The molecule has 0 aromatic carbocycles. The van der Waals surface area contributed by atoms with Gasteiger partial charge in [-0.05, 0) is 26.2 Å². The van der Waals surface area contributed by atoms with Gasteiger partial charge in [-0.1, -0.05) is 13.8 Å². The summed E-state index contributed by atoms with van der Waals surface area (Å²) in [6.45, 7) is 6.81. The van der Waals surface area contributed by atoms with E-state index in [-0.39, 0.29) is 12.3 Å². The third kappa shape index (κ3) is 2.57. The van der Waals surface area contributed by atoms with Crippen LogP contribution in [0.15, 0.2) is 0 Å². The van der Waals surface area contributed by atoms with Crippen molar-refractivity contribution >= 4 is 17.9 Å². The van der Waals surface area contributed by atoms with Gasteiger partial charge in [-0.3, -0.25) is 4.79 Å². The largest absolute Gasteiger partial charge is 0.480 e. The zero-order valence-electron chi connectivity index (χ0n) is 10.5. The number of amides is 3. The van der Waals surface area contributed by atoms with Crippen molar-refractivity contribution in [1.82, 2.24) is 10.2 Å². The fourth-order valence-electron chi connectivity index (χ4n) is 1.82. The second-order valence-electron chi connectivity index (χ2n) is 5.21. The number of nitrogens with one attached hydrogen (secondary N) is 1. The SMILES string of the molecule is CC(C)CC(C(=O)O)N1C(=O)NC(C)(C)C1=O. The maximum Gasteiger partial charge on any atom is 0.327 e. The van der Waals surface area contributed by atoms with Crippen LogP contribution in [0.1, 0.15) is 34.1 Å². The van der Waals surface area contributed by atoms with Gasteiger partial charge < -0.3 is 10.4 Å². The molecule has 1 aliphatic heterocycles. The van der Waals surface area contributed by atoms with Crippen molar-refractivity contribution in [3.8, 4) is 0 Å². The Morgan fingerprint density at radius 2 is 1.94 bits per heavy atom. The highest BCUT2D eigenvalue weighted by atomic mass is 16.4. The summed E-state index contributed by atoms with van der Waals surface area (Å²) in [6.07, 6.45) is 0.255. The maximum atomic E-state index is 11.9. The molecular formula is C11H18N2O4. The summed E-state index contributed by atoms with van der Waals surface area (Å²) in [4.78, 5) is 35.6. The Bertz CT molecular complexity index is 362. The number of aliphatic carboxylic acids is 1. The highest BCUT2D eigenvalue weighted by Crippen LogP contribution is 2.22. The lowest BCUT2D eigenvalue weighted by atomic mass is 10.0. The van der Waals surface area contributed by atoms with Gasteiger partial charge in [0.05, 0.1) is 0 Å². The standard InChI is InChI=1S/C11H18N2O4/c1-6(2)5-7(8(14)15)13-9(16)11(3,4)12-10(13)17/h6-7H,5H2,1-4H3,(H,12,17)(H,14,15). The van der Waals surface area contributed by atoms with Crippen LogP contribution in [0.5, 0.6) is 0 Å². The molecule has 1 heterocycles. The lowest BCUT2D eigenvalue weighted by Crippen LogP contribution is -2.47. The van der Waals surface area contributed by atoms with E-state index in [1.165, 1.54) is 0 Å². The number of carboxylic acid groups (broad SMARTS) is 1. The minimum atomic E-state index is -1.15. The van der Waals surface area contributed by atoms with Gasteiger partial charge in [-0.2, -0.15) is 0 Å². The van der Waals surface area contributed by atoms with Crippen molar-refractivity contribution in [2.45, 2.75) is 45.7 Å². The Labute approximate surface area is 100.0 Å². The molecule has 0 aromatic heterocycles. The summed E-state index contributed by atoms with van der Waals surface area (Å²) < 4.78 is 0. The summed E-state index contributed by atoms with van der Waals surface area (Å²) in [5.74, 6) is -1.56. The lowest BCUT2D eigenvalue weighted by molar-refractivity contribution is -0.148. The molecule has 6 heteroatoms. The molecule has 1 fully saturated rings. The first-order chi connectivity index (χ1) is 7.66. The van der Waals surface area contributed by atoms with Gasteiger partial charge in [0.1, 0.15) is 11.6 Å². The number of rotatable bonds is 4. The van der Waals surface area contributed by atoms with Crippen LogP contribution < -0.4 is 5.32 Å². The lowest BCUT2D eigenvalue weighted by Gasteiger charge is -2.23. The van der Waals surface area contributed by atoms with Crippen LogP contribution >= 0.6 is 0 Å². The number of hydrogen-bond acceptors (Lipinski definition) is 3. The molecule has 1 saturated heterocycles. The first kappa shape index (κ1) is 13.5. The van der Waals surface area contributed by atoms with Crippen LogP contribution in [0, 0.1) is 5.92 Å². The summed E-state index contributed by atoms with van der Waals surface area (Å²) in [5.41, 5.74) is -1.03. The van der Waals surface area contributed by atoms with E-state index in [1.54, 1.807) is 13.8 Å². The topological polar surface area (TPSA) is 86.7 Å². The Balaban J connectivity index is 3.00. The van der Waals surface area contributed by atoms with Crippen LogP contribution in [0.4, 0.5) is 4.79 Å². The van der Waals surface area contributed by atoms with Crippen molar-refractivity contribution < 1.29 is 19.5 Å². The van der Waals surface area contributed by atoms with Crippen LogP contribution in [-0.4, -0.2) is 39.5 Å². The van der Waals surface area contributed by atoms with Gasteiger partial charge in [0.15, 0.2) is 0 Å². The molecular weight excluding hydrogens is 224 g/mol. The molecule has 1 atom stereocenters. The Hall–Kier alpha value is -1.59. The number of nitrogens with zero attached hydrogens (tertiary/aromatic N) is 1. The zero-order valence-corrected chi connectivity index (χ0v) is 10.5. The van der Waals surface area contributed by atoms with E-state index in [2.05, 4.69) is 5.32 Å². The van der Waals surface area contributed by atoms with E-state index in [1.807, 2.05) is 13.8 Å². The molecule has 17 heavy (non-hydrogen) atoms. The number of urea groups is 1. The first-order valence-electron chi connectivity index (χ1n) is 5.55. The monoisotopic (exact) mass is 242 g/mol. The Morgan fingerprint density at radius 1 is 1.41 bits per heavy atom. The van der Waals surface area contributed by atoms with Gasteiger partial charge >= 0.3 is 12.0 Å². The Kier molecular flexibility index (Phi) is 3.45. The molecule has 96 valence electrons. The fraction of sp³-hybridized carbons (Fsp3) is 0.727. The smallest absolute Gasteiger partial charge is 0.327 e. The average Bonchev–Trinajstić information content (AvgIpc) is 2.33. The molecule has 0 spiro atoms. The summed E-state index contributed by atoms with van der Waals surface area (Å²) >= 11 is 0. The summed E-state index contributed by atoms with van der Waals surface area (Å²) in [5, 5.41) is 11.6. The third-order valence-corrected chi connectivity index (χ3v) is 2.68. The number of carboxylic acids is 1. The Morgan fingerprint density at radius 3 is 2.24 bits per heavy atom. The van der Waals surface area contributed by atoms with Gasteiger partial charge in [-0.15, -0.1) is 0 Å². The van der Waals surface area contributed by atoms with Crippen LogP contribution in [0.25, 0.3) is 0 Å². The van der Waals surface area contributed by atoms with Crippen LogP contribution in [0.2, 0.25) is 0 Å². The molecule has 1 unspecified atom stereocenters. The third-order valence-electron chi connectivity index (χ3n) is 2.68. The minimum Gasteiger partial charge on any atom is -0.480 e. The molecule has 6 nitrogen and oxygen atoms in total. The van der Waals surface area contributed by atoms with Crippen molar-refractivity contribution in [3.63, 3.8) is 0 Å². The van der Waals surface area contributed by atoms with Crippen molar-refractivity contribution in [2.24, 2.45) is 5.92 Å². The summed E-state index contributed by atoms with van der Waals surface area (Å²) in [7, 11) is 0. The maximum absolute atomic E-state index is 11.9. The van der Waals surface area contributed by atoms with Crippen LogP contribution in [-0.2, 0) is 9.59 Å². The second-order valence-corrected chi connectivity index (χ2v) is 5.21. The average molecular weight is 242 g/mol. The minimum absolute atomic E-state index is 0.0837. The normalized spacial score (nSPS) is 20.6. The van der Waals surface area contributed by atoms with E-state index in [9.17, 15) is 14.4 Å².